The molecule has 0 saturated carbocycles. The van der Waals surface area contributed by atoms with Gasteiger partial charge in [0.15, 0.2) is 28.1 Å². The van der Waals surface area contributed by atoms with Crippen LogP contribution >= 0.6 is 58.0 Å². The molecule has 0 bridgehead atoms. The number of halogens is 6. The first-order valence-corrected chi connectivity index (χ1v) is 10.8. The number of ether oxygens (including phenoxy) is 2. The summed E-state index contributed by atoms with van der Waals surface area (Å²) in [5.74, 6) is -2.94. The third kappa shape index (κ3) is 6.09. The quantitative estimate of drug-likeness (QED) is 0.251. The zero-order valence-electron chi connectivity index (χ0n) is 17.6. The number of hydrogen-bond donors (Lipinski definition) is 3. The van der Waals surface area contributed by atoms with E-state index in [4.69, 9.17) is 79.3 Å². The Kier molecular flexibility index (Phi) is 9.59. The molecule has 186 valence electrons. The van der Waals surface area contributed by atoms with Gasteiger partial charge in [0.05, 0.1) is 46.4 Å². The van der Waals surface area contributed by atoms with Crippen LogP contribution in [-0.2, 0) is 4.74 Å². The van der Waals surface area contributed by atoms with Gasteiger partial charge in [0, 0.05) is 5.56 Å². The van der Waals surface area contributed by atoms with Gasteiger partial charge < -0.3 is 26.0 Å². The van der Waals surface area contributed by atoms with E-state index in [9.17, 15) is 14.0 Å². The highest BCUT2D eigenvalue weighted by Crippen LogP contribution is 2.36. The van der Waals surface area contributed by atoms with Gasteiger partial charge in [-0.1, -0.05) is 58.0 Å². The lowest BCUT2D eigenvalue weighted by molar-refractivity contribution is 0.0593. The summed E-state index contributed by atoms with van der Waals surface area (Å²) < 4.78 is 23.9. The predicted octanol–water partition coefficient (Wildman–Crippen LogP) is 5.89. The summed E-state index contributed by atoms with van der Waals surface area (Å²) >= 11 is 28.4. The number of hydrogen-bond acceptors (Lipinski definition) is 8. The monoisotopic (exact) mass is 584 g/mol. The Hall–Kier alpha value is -2.76. The summed E-state index contributed by atoms with van der Waals surface area (Å²) in [5, 5.41) is 8.22. The van der Waals surface area contributed by atoms with Gasteiger partial charge in [-0.2, -0.15) is 0 Å². The van der Waals surface area contributed by atoms with Gasteiger partial charge in [0.2, 0.25) is 0 Å². The highest BCUT2D eigenvalue weighted by Gasteiger charge is 2.21. The predicted molar refractivity (Wildman–Crippen MR) is 133 cm³/mol. The van der Waals surface area contributed by atoms with Gasteiger partial charge in [0.1, 0.15) is 5.02 Å². The van der Waals surface area contributed by atoms with E-state index >= 15 is 0 Å². The number of aromatic carboxylic acids is 1. The Balaban J connectivity index is 0.000000283. The number of nitrogens with zero attached hydrogens (tertiary/aromatic N) is 2. The highest BCUT2D eigenvalue weighted by molar-refractivity contribution is 6.46. The molecule has 0 amide bonds. The van der Waals surface area contributed by atoms with Gasteiger partial charge in [-0.05, 0) is 18.2 Å². The molecule has 0 atom stereocenters. The molecule has 2 aromatic heterocycles. The van der Waals surface area contributed by atoms with Crippen molar-refractivity contribution >= 4 is 81.3 Å². The van der Waals surface area contributed by atoms with Crippen molar-refractivity contribution in [2.45, 2.75) is 0 Å². The first-order chi connectivity index (χ1) is 16.3. The normalized spacial score (nSPS) is 10.3. The second-order valence-electron chi connectivity index (χ2n) is 6.29. The van der Waals surface area contributed by atoms with Crippen LogP contribution < -0.4 is 16.2 Å². The standard InChI is InChI=1S/C14H11Cl2FN2O3.C6H3Cl3N2O2/c1-21-13-7(15)4-3-6(11(13)17)9-5-8(18)10(16)12(19-9)14(20)22-2;7-1-3(10)2(8)5(9)11-4(1)6(12)13/h3-5H,1-2H3,(H2,18,19);(H2,10,11)(H,12,13). The average Bonchev–Trinajstić information content (AvgIpc) is 2.82. The second-order valence-corrected chi connectivity index (χ2v) is 8.19. The Bertz CT molecular complexity index is 1330. The van der Waals surface area contributed by atoms with E-state index in [2.05, 4.69) is 14.7 Å². The molecule has 0 fully saturated rings. The third-order valence-corrected chi connectivity index (χ3v) is 6.00. The van der Waals surface area contributed by atoms with Crippen LogP contribution in [0, 0.1) is 5.82 Å². The summed E-state index contributed by atoms with van der Waals surface area (Å²) in [6.07, 6.45) is 0. The molecule has 3 aromatic rings. The Labute approximate surface area is 222 Å². The number of carboxylic acids is 1. The number of rotatable bonds is 4. The van der Waals surface area contributed by atoms with Gasteiger partial charge in [-0.25, -0.2) is 23.9 Å². The van der Waals surface area contributed by atoms with Gasteiger partial charge in [0.25, 0.3) is 0 Å². The molecule has 0 aliphatic carbocycles. The molecule has 0 radical (unpaired) electrons. The molecule has 0 saturated heterocycles. The maximum Gasteiger partial charge on any atom is 0.358 e. The Morgan fingerprint density at radius 1 is 0.971 bits per heavy atom. The number of methoxy groups -OCH3 is 2. The molecular weight excluding hydrogens is 573 g/mol. The lowest BCUT2D eigenvalue weighted by atomic mass is 10.1. The van der Waals surface area contributed by atoms with Crippen molar-refractivity contribution in [1.29, 1.82) is 0 Å². The van der Waals surface area contributed by atoms with E-state index in [1.807, 2.05) is 0 Å². The SMILES string of the molecule is COC(=O)c1nc(-c2ccc(Cl)c(OC)c2F)cc(N)c1Cl.Nc1c(Cl)c(Cl)nc(C(=O)O)c1Cl. The van der Waals surface area contributed by atoms with Crippen LogP contribution in [0.5, 0.6) is 5.75 Å². The lowest BCUT2D eigenvalue weighted by Gasteiger charge is -2.11. The molecule has 1 aromatic carbocycles. The zero-order chi connectivity index (χ0) is 26.6. The summed E-state index contributed by atoms with van der Waals surface area (Å²) in [4.78, 5) is 29.7. The van der Waals surface area contributed by atoms with Crippen molar-refractivity contribution in [2.24, 2.45) is 0 Å². The van der Waals surface area contributed by atoms with Crippen molar-refractivity contribution in [3.8, 4) is 17.0 Å². The zero-order valence-corrected chi connectivity index (χ0v) is 21.4. The van der Waals surface area contributed by atoms with Crippen molar-refractivity contribution in [2.75, 3.05) is 25.7 Å². The number of benzene rings is 1. The van der Waals surface area contributed by atoms with E-state index in [-0.39, 0.29) is 59.3 Å². The summed E-state index contributed by atoms with van der Waals surface area (Å²) in [6, 6.07) is 4.19. The first kappa shape index (κ1) is 28.5. The van der Waals surface area contributed by atoms with Gasteiger partial charge in [-0.3, -0.25) is 0 Å². The molecule has 3 rings (SSSR count). The van der Waals surface area contributed by atoms with E-state index in [0.717, 1.165) is 0 Å². The van der Waals surface area contributed by atoms with Crippen LogP contribution in [0.4, 0.5) is 15.8 Å². The molecule has 0 aliphatic heterocycles. The van der Waals surface area contributed by atoms with E-state index in [1.165, 1.54) is 32.4 Å². The number of nitrogen functional groups attached to an aromatic ring is 2. The maximum absolute atomic E-state index is 14.4. The highest BCUT2D eigenvalue weighted by atomic mass is 35.5. The number of pyridine rings is 2. The third-order valence-electron chi connectivity index (χ3n) is 4.17. The largest absolute Gasteiger partial charge is 0.492 e. The van der Waals surface area contributed by atoms with Crippen LogP contribution in [-0.4, -0.2) is 41.2 Å². The van der Waals surface area contributed by atoms with Crippen LogP contribution in [0.1, 0.15) is 21.0 Å². The van der Waals surface area contributed by atoms with Crippen molar-refractivity contribution in [3.63, 3.8) is 0 Å². The number of esters is 1. The molecule has 0 spiro atoms. The minimum Gasteiger partial charge on any atom is -0.492 e. The minimum atomic E-state index is -1.31. The van der Waals surface area contributed by atoms with Crippen LogP contribution in [0.25, 0.3) is 11.3 Å². The molecule has 0 aliphatic rings. The molecule has 35 heavy (non-hydrogen) atoms. The Morgan fingerprint density at radius 3 is 2.14 bits per heavy atom. The van der Waals surface area contributed by atoms with Gasteiger partial charge >= 0.3 is 11.9 Å². The first-order valence-electron chi connectivity index (χ1n) is 8.95. The number of carboxylic acid groups (broad SMARTS) is 1. The second kappa shape index (κ2) is 11.8. The van der Waals surface area contributed by atoms with E-state index in [0.29, 0.717) is 0 Å². The van der Waals surface area contributed by atoms with Crippen molar-refractivity contribution < 1.29 is 28.6 Å². The van der Waals surface area contributed by atoms with Crippen molar-refractivity contribution in [1.82, 2.24) is 9.97 Å². The average molecular weight is 587 g/mol. The minimum absolute atomic E-state index is 0.0448. The number of nitrogens with two attached hydrogens (primary N) is 2. The summed E-state index contributed by atoms with van der Waals surface area (Å²) in [6.45, 7) is 0. The molecule has 0 unspecified atom stereocenters. The smallest absolute Gasteiger partial charge is 0.358 e. The fraction of sp³-hybridized carbons (Fsp3) is 0.100. The number of aromatic nitrogens is 2. The van der Waals surface area contributed by atoms with Gasteiger partial charge in [-0.15, -0.1) is 0 Å². The maximum atomic E-state index is 14.4. The molecule has 15 heteroatoms. The molecule has 9 nitrogen and oxygen atoms in total. The number of carbonyl (C=O) groups is 2. The summed E-state index contributed by atoms with van der Waals surface area (Å²) in [5.41, 5.74) is 10.7. The Morgan fingerprint density at radius 2 is 1.60 bits per heavy atom. The topological polar surface area (TPSA) is 151 Å². The molecule has 2 heterocycles. The van der Waals surface area contributed by atoms with Crippen LogP contribution in [0.15, 0.2) is 18.2 Å². The number of anilines is 2. The van der Waals surface area contributed by atoms with E-state index < -0.39 is 23.4 Å². The lowest BCUT2D eigenvalue weighted by Crippen LogP contribution is -2.08. The fourth-order valence-corrected chi connectivity index (χ4v) is 3.50. The van der Waals surface area contributed by atoms with E-state index in [1.54, 1.807) is 0 Å². The number of carbonyl (C=O) groups excluding carboxylic acids is 1. The van der Waals surface area contributed by atoms with Crippen LogP contribution in [0.2, 0.25) is 25.2 Å². The summed E-state index contributed by atoms with van der Waals surface area (Å²) in [7, 11) is 2.46. The molecule has 5 N–H and O–H groups in total. The van der Waals surface area contributed by atoms with Crippen molar-refractivity contribution in [3.05, 3.63) is 60.6 Å². The molecular formula is C20H14Cl5FN4O5. The van der Waals surface area contributed by atoms with Crippen LogP contribution in [0.3, 0.4) is 0 Å². The fourth-order valence-electron chi connectivity index (χ4n) is 2.51.